The summed E-state index contributed by atoms with van der Waals surface area (Å²) in [6.07, 6.45) is -7.97. The van der Waals surface area contributed by atoms with Gasteiger partial charge in [0.25, 0.3) is 0 Å². The van der Waals surface area contributed by atoms with Crippen LogP contribution in [0.4, 0.5) is 17.6 Å². The summed E-state index contributed by atoms with van der Waals surface area (Å²) in [5, 5.41) is 0. The Balaban J connectivity index is 2.09. The van der Waals surface area contributed by atoms with Gasteiger partial charge in [-0.3, -0.25) is 0 Å². The van der Waals surface area contributed by atoms with E-state index in [0.717, 1.165) is 0 Å². The lowest BCUT2D eigenvalue weighted by molar-refractivity contribution is -0.221. The molecule has 180 valence electrons. The zero-order chi connectivity index (χ0) is 24.6. The molecule has 0 N–H and O–H groups in total. The highest BCUT2D eigenvalue weighted by Crippen LogP contribution is 2.40. The lowest BCUT2D eigenvalue weighted by Gasteiger charge is -2.36. The van der Waals surface area contributed by atoms with Crippen LogP contribution >= 0.6 is 0 Å². The Morgan fingerprint density at radius 1 is 1.24 bits per heavy atom. The SMILES string of the molecule is CCOC(=O)c1cc(-c2ccc(C)cc2F)c2c(n1)OC(C(O[Si](C)(C)C)C(F)(F)F)CC2. The maximum absolute atomic E-state index is 14.8. The number of aryl methyl sites for hydroxylation is 1. The molecule has 0 bridgehead atoms. The molecule has 33 heavy (non-hydrogen) atoms. The van der Waals surface area contributed by atoms with Crippen LogP contribution in [-0.4, -0.2) is 44.3 Å². The van der Waals surface area contributed by atoms with Gasteiger partial charge in [-0.2, -0.15) is 13.2 Å². The van der Waals surface area contributed by atoms with E-state index in [4.69, 9.17) is 13.9 Å². The predicted octanol–water partition coefficient (Wildman–Crippen LogP) is 5.85. The first kappa shape index (κ1) is 25.2. The summed E-state index contributed by atoms with van der Waals surface area (Å²) >= 11 is 0. The number of rotatable bonds is 6. The molecule has 0 radical (unpaired) electrons. The van der Waals surface area contributed by atoms with Gasteiger partial charge in [0, 0.05) is 11.1 Å². The number of benzene rings is 1. The number of hydrogen-bond donors (Lipinski definition) is 0. The molecule has 2 unspecified atom stereocenters. The number of esters is 1. The van der Waals surface area contributed by atoms with Crippen molar-refractivity contribution in [1.82, 2.24) is 4.98 Å². The third kappa shape index (κ3) is 5.91. The number of pyridine rings is 1. The summed E-state index contributed by atoms with van der Waals surface area (Å²) in [7, 11) is -2.57. The smallest absolute Gasteiger partial charge is 0.417 e. The Morgan fingerprint density at radius 2 is 1.94 bits per heavy atom. The van der Waals surface area contributed by atoms with Gasteiger partial charge in [0.1, 0.15) is 11.9 Å². The number of fused-ring (bicyclic) bond motifs is 1. The summed E-state index contributed by atoms with van der Waals surface area (Å²) in [5.41, 5.74) is 1.53. The van der Waals surface area contributed by atoms with E-state index in [1.807, 2.05) is 0 Å². The second kappa shape index (κ2) is 9.42. The van der Waals surface area contributed by atoms with Crippen molar-refractivity contribution in [3.05, 3.63) is 46.9 Å². The van der Waals surface area contributed by atoms with Crippen LogP contribution in [0, 0.1) is 12.7 Å². The molecule has 1 aromatic heterocycles. The highest BCUT2D eigenvalue weighted by atomic mass is 28.4. The summed E-state index contributed by atoms with van der Waals surface area (Å²) < 4.78 is 72.4. The second-order valence-corrected chi connectivity index (χ2v) is 13.4. The van der Waals surface area contributed by atoms with Gasteiger partial charge in [0.2, 0.25) is 5.88 Å². The molecule has 0 aliphatic carbocycles. The van der Waals surface area contributed by atoms with Crippen LogP contribution in [0.25, 0.3) is 11.1 Å². The number of ether oxygens (including phenoxy) is 2. The average molecular weight is 486 g/mol. The summed E-state index contributed by atoms with van der Waals surface area (Å²) in [6.45, 7) is 8.43. The Bertz CT molecular complexity index is 1040. The highest BCUT2D eigenvalue weighted by molar-refractivity contribution is 6.69. The van der Waals surface area contributed by atoms with Crippen LogP contribution < -0.4 is 4.74 Å². The molecule has 1 aromatic carbocycles. The summed E-state index contributed by atoms with van der Waals surface area (Å²) in [4.78, 5) is 16.5. The average Bonchev–Trinajstić information content (AvgIpc) is 2.70. The van der Waals surface area contributed by atoms with Crippen molar-refractivity contribution in [1.29, 1.82) is 0 Å². The van der Waals surface area contributed by atoms with Crippen molar-refractivity contribution in [3.8, 4) is 17.0 Å². The fourth-order valence-corrected chi connectivity index (χ4v) is 4.76. The lowest BCUT2D eigenvalue weighted by Crippen LogP contribution is -2.51. The molecule has 0 spiro atoms. The second-order valence-electron chi connectivity index (χ2n) is 8.93. The molecule has 0 amide bonds. The van der Waals surface area contributed by atoms with Gasteiger partial charge < -0.3 is 13.9 Å². The molecule has 3 rings (SSSR count). The van der Waals surface area contributed by atoms with E-state index in [2.05, 4.69) is 4.98 Å². The van der Waals surface area contributed by atoms with Crippen LogP contribution in [0.5, 0.6) is 5.88 Å². The van der Waals surface area contributed by atoms with E-state index in [-0.39, 0.29) is 36.6 Å². The zero-order valence-electron chi connectivity index (χ0n) is 19.2. The zero-order valence-corrected chi connectivity index (χ0v) is 20.2. The van der Waals surface area contributed by atoms with E-state index >= 15 is 0 Å². The minimum absolute atomic E-state index is 0.00255. The molecule has 2 aromatic rings. The summed E-state index contributed by atoms with van der Waals surface area (Å²) in [5.74, 6) is -1.43. The monoisotopic (exact) mass is 485 g/mol. The van der Waals surface area contributed by atoms with Crippen LogP contribution in [0.3, 0.4) is 0 Å². The minimum atomic E-state index is -4.65. The van der Waals surface area contributed by atoms with Crippen LogP contribution in [0.2, 0.25) is 19.6 Å². The molecule has 2 atom stereocenters. The molecular weight excluding hydrogens is 458 g/mol. The summed E-state index contributed by atoms with van der Waals surface area (Å²) in [6, 6.07) is 6.02. The Morgan fingerprint density at radius 3 is 2.52 bits per heavy atom. The minimum Gasteiger partial charge on any atom is -0.471 e. The fraction of sp³-hybridized carbons (Fsp3) is 0.478. The van der Waals surface area contributed by atoms with Gasteiger partial charge in [-0.25, -0.2) is 14.2 Å². The van der Waals surface area contributed by atoms with E-state index in [1.165, 1.54) is 12.1 Å². The van der Waals surface area contributed by atoms with E-state index in [1.54, 1.807) is 45.6 Å². The van der Waals surface area contributed by atoms with Gasteiger partial charge in [0.05, 0.1) is 6.61 Å². The maximum Gasteiger partial charge on any atom is 0.417 e. The molecule has 2 heterocycles. The van der Waals surface area contributed by atoms with Crippen molar-refractivity contribution in [2.45, 2.75) is 64.7 Å². The normalized spacial score (nSPS) is 17.2. The largest absolute Gasteiger partial charge is 0.471 e. The van der Waals surface area contributed by atoms with Gasteiger partial charge in [-0.05, 0) is 69.6 Å². The molecule has 10 heteroatoms. The van der Waals surface area contributed by atoms with Crippen molar-refractivity contribution in [2.75, 3.05) is 6.61 Å². The fourth-order valence-electron chi connectivity index (χ4n) is 3.71. The molecule has 0 saturated carbocycles. The highest BCUT2D eigenvalue weighted by Gasteiger charge is 2.50. The Kier molecular flexibility index (Phi) is 7.18. The third-order valence-electron chi connectivity index (χ3n) is 5.07. The number of aromatic nitrogens is 1. The van der Waals surface area contributed by atoms with Gasteiger partial charge in [-0.15, -0.1) is 0 Å². The van der Waals surface area contributed by atoms with Crippen molar-refractivity contribution in [2.24, 2.45) is 0 Å². The van der Waals surface area contributed by atoms with Crippen molar-refractivity contribution < 1.29 is 36.3 Å². The first-order valence-corrected chi connectivity index (χ1v) is 14.1. The van der Waals surface area contributed by atoms with Crippen LogP contribution in [0.15, 0.2) is 24.3 Å². The predicted molar refractivity (Wildman–Crippen MR) is 117 cm³/mol. The van der Waals surface area contributed by atoms with Crippen molar-refractivity contribution >= 4 is 14.3 Å². The lowest BCUT2D eigenvalue weighted by atomic mass is 9.92. The number of carbonyl (C=O) groups is 1. The van der Waals surface area contributed by atoms with Crippen LogP contribution in [-0.2, 0) is 15.6 Å². The molecule has 0 fully saturated rings. The van der Waals surface area contributed by atoms with Gasteiger partial charge >= 0.3 is 12.1 Å². The van der Waals surface area contributed by atoms with E-state index < -0.39 is 38.5 Å². The van der Waals surface area contributed by atoms with Gasteiger partial charge in [0.15, 0.2) is 20.1 Å². The Labute approximate surface area is 191 Å². The molecule has 1 aliphatic heterocycles. The molecule has 5 nitrogen and oxygen atoms in total. The molecular formula is C23H27F4NO4Si. The quantitative estimate of drug-likeness (QED) is 0.292. The molecule has 0 saturated heterocycles. The van der Waals surface area contributed by atoms with Gasteiger partial charge in [-0.1, -0.05) is 12.1 Å². The first-order chi connectivity index (χ1) is 15.3. The third-order valence-corrected chi connectivity index (χ3v) is 6.03. The molecule has 1 aliphatic rings. The number of hydrogen-bond acceptors (Lipinski definition) is 5. The maximum atomic E-state index is 14.8. The topological polar surface area (TPSA) is 57.7 Å². The Hall–Kier alpha value is -2.46. The van der Waals surface area contributed by atoms with Crippen molar-refractivity contribution in [3.63, 3.8) is 0 Å². The standard InChI is InChI=1S/C23H27F4NO4Si/c1-6-30-22(29)18-12-16(14-8-7-13(2)11-17(14)24)15-9-10-19(31-21(15)28-18)20(23(25,26)27)32-33(3,4)5/h7-8,11-12,19-20H,6,9-10H2,1-5H3. The number of carbonyl (C=O) groups excluding carboxylic acids is 1. The number of alkyl halides is 3. The number of nitrogens with zero attached hydrogens (tertiary/aromatic N) is 1. The van der Waals surface area contributed by atoms with Crippen LogP contribution in [0.1, 0.15) is 35.0 Å². The van der Waals surface area contributed by atoms with E-state index in [0.29, 0.717) is 16.7 Å². The van der Waals surface area contributed by atoms with E-state index in [9.17, 15) is 22.4 Å². The number of halogens is 4. The first-order valence-electron chi connectivity index (χ1n) is 10.7.